The second-order valence-corrected chi connectivity index (χ2v) is 7.37. The third kappa shape index (κ3) is 3.68. The number of ketones is 1. The number of likely N-dealkylation sites (tertiary alicyclic amines) is 1. The van der Waals surface area contributed by atoms with Crippen molar-refractivity contribution in [1.82, 2.24) is 4.90 Å². The van der Waals surface area contributed by atoms with Crippen molar-refractivity contribution < 1.29 is 28.6 Å². The Labute approximate surface area is 173 Å². The van der Waals surface area contributed by atoms with Gasteiger partial charge >= 0.3 is 0 Å². The van der Waals surface area contributed by atoms with Crippen LogP contribution in [0.1, 0.15) is 30.0 Å². The molecule has 1 N–H and O–H groups in total. The van der Waals surface area contributed by atoms with Crippen molar-refractivity contribution in [3.8, 4) is 5.75 Å². The maximum atomic E-state index is 14.0. The number of methoxy groups -OCH3 is 1. The van der Waals surface area contributed by atoms with Gasteiger partial charge in [-0.2, -0.15) is 0 Å². The standard InChI is InChI=1S/C23H22FNO5/c1-29-17-9-7-14(8-10-17)21(26)19-20(15-4-2-5-16(24)12-15)25(23(28)22(19)27)13-18-6-3-11-30-18/h2,4-5,7-10,12,18,20,26H,3,6,11,13H2,1H3/t18-,20-/m1/s1. The van der Waals surface area contributed by atoms with Crippen molar-refractivity contribution in [2.24, 2.45) is 0 Å². The zero-order valence-electron chi connectivity index (χ0n) is 16.5. The molecule has 7 heteroatoms. The fourth-order valence-corrected chi connectivity index (χ4v) is 4.00. The van der Waals surface area contributed by atoms with Gasteiger partial charge in [-0.25, -0.2) is 4.39 Å². The second kappa shape index (κ2) is 8.28. The monoisotopic (exact) mass is 411 g/mol. The maximum Gasteiger partial charge on any atom is 0.295 e. The molecule has 2 aromatic rings. The van der Waals surface area contributed by atoms with E-state index >= 15 is 0 Å². The molecular weight excluding hydrogens is 389 g/mol. The number of amides is 1. The van der Waals surface area contributed by atoms with Gasteiger partial charge in [0.15, 0.2) is 0 Å². The van der Waals surface area contributed by atoms with Gasteiger partial charge in [-0.05, 0) is 54.8 Å². The van der Waals surface area contributed by atoms with Crippen LogP contribution in [0.2, 0.25) is 0 Å². The number of ether oxygens (including phenoxy) is 2. The Balaban J connectivity index is 1.81. The molecule has 0 spiro atoms. The first-order valence-corrected chi connectivity index (χ1v) is 9.79. The minimum Gasteiger partial charge on any atom is -0.507 e. The minimum atomic E-state index is -0.896. The summed E-state index contributed by atoms with van der Waals surface area (Å²) < 4.78 is 24.7. The number of benzene rings is 2. The van der Waals surface area contributed by atoms with Crippen LogP contribution >= 0.6 is 0 Å². The van der Waals surface area contributed by atoms with Crippen LogP contribution in [0.4, 0.5) is 4.39 Å². The molecule has 1 amide bonds. The van der Waals surface area contributed by atoms with E-state index in [1.54, 1.807) is 30.3 Å². The van der Waals surface area contributed by atoms with E-state index in [1.807, 2.05) is 0 Å². The Morgan fingerprint density at radius 3 is 2.63 bits per heavy atom. The van der Waals surface area contributed by atoms with E-state index in [4.69, 9.17) is 9.47 Å². The summed E-state index contributed by atoms with van der Waals surface area (Å²) in [6, 6.07) is 11.3. The van der Waals surface area contributed by atoms with Gasteiger partial charge in [-0.3, -0.25) is 9.59 Å². The fraction of sp³-hybridized carbons (Fsp3) is 0.304. The van der Waals surface area contributed by atoms with Crippen LogP contribution in [0.25, 0.3) is 5.76 Å². The van der Waals surface area contributed by atoms with E-state index in [2.05, 4.69) is 0 Å². The Bertz CT molecular complexity index is 995. The van der Waals surface area contributed by atoms with E-state index in [0.717, 1.165) is 12.8 Å². The molecule has 0 radical (unpaired) electrons. The zero-order chi connectivity index (χ0) is 21.3. The van der Waals surface area contributed by atoms with Gasteiger partial charge in [-0.15, -0.1) is 0 Å². The topological polar surface area (TPSA) is 76.1 Å². The molecule has 2 aliphatic heterocycles. The molecular formula is C23H22FNO5. The number of aliphatic hydroxyl groups is 1. The van der Waals surface area contributed by atoms with Crippen LogP contribution in [0.5, 0.6) is 5.75 Å². The van der Waals surface area contributed by atoms with Crippen LogP contribution < -0.4 is 4.74 Å². The van der Waals surface area contributed by atoms with E-state index in [9.17, 15) is 19.1 Å². The van der Waals surface area contributed by atoms with Gasteiger partial charge in [0.1, 0.15) is 17.3 Å². The lowest BCUT2D eigenvalue weighted by Gasteiger charge is -2.27. The molecule has 0 unspecified atom stereocenters. The number of hydrogen-bond acceptors (Lipinski definition) is 5. The molecule has 0 aliphatic carbocycles. The highest BCUT2D eigenvalue weighted by Gasteiger charge is 2.47. The van der Waals surface area contributed by atoms with Crippen molar-refractivity contribution in [1.29, 1.82) is 0 Å². The number of rotatable bonds is 5. The summed E-state index contributed by atoms with van der Waals surface area (Å²) in [5.74, 6) is -1.72. The first-order chi connectivity index (χ1) is 14.5. The number of carbonyl (C=O) groups is 2. The van der Waals surface area contributed by atoms with Gasteiger partial charge in [0.05, 0.1) is 24.8 Å². The molecule has 0 aromatic heterocycles. The number of carbonyl (C=O) groups excluding carboxylic acids is 2. The summed E-state index contributed by atoms with van der Waals surface area (Å²) in [7, 11) is 1.52. The lowest BCUT2D eigenvalue weighted by molar-refractivity contribution is -0.140. The van der Waals surface area contributed by atoms with Gasteiger partial charge < -0.3 is 19.5 Å². The average Bonchev–Trinajstić information content (AvgIpc) is 3.36. The molecule has 2 fully saturated rings. The minimum absolute atomic E-state index is 0.0613. The van der Waals surface area contributed by atoms with Crippen LogP contribution in [-0.2, 0) is 14.3 Å². The highest BCUT2D eigenvalue weighted by molar-refractivity contribution is 6.46. The van der Waals surface area contributed by atoms with Crippen molar-refractivity contribution in [3.05, 3.63) is 71.0 Å². The first kappa shape index (κ1) is 20.1. The van der Waals surface area contributed by atoms with Crippen molar-refractivity contribution in [2.45, 2.75) is 25.0 Å². The third-order valence-electron chi connectivity index (χ3n) is 5.49. The summed E-state index contributed by atoms with van der Waals surface area (Å²) >= 11 is 0. The lowest BCUT2D eigenvalue weighted by atomic mass is 9.95. The predicted molar refractivity (Wildman–Crippen MR) is 107 cm³/mol. The molecule has 4 rings (SSSR count). The Kier molecular flexibility index (Phi) is 5.55. The third-order valence-corrected chi connectivity index (χ3v) is 5.49. The largest absolute Gasteiger partial charge is 0.507 e. The molecule has 6 nitrogen and oxygen atoms in total. The smallest absolute Gasteiger partial charge is 0.295 e. The lowest BCUT2D eigenvalue weighted by Crippen LogP contribution is -2.36. The summed E-state index contributed by atoms with van der Waals surface area (Å²) in [5, 5.41) is 11.0. The molecule has 156 valence electrons. The quantitative estimate of drug-likeness (QED) is 0.463. The number of nitrogens with zero attached hydrogens (tertiary/aromatic N) is 1. The van der Waals surface area contributed by atoms with Gasteiger partial charge in [-0.1, -0.05) is 12.1 Å². The van der Waals surface area contributed by atoms with Crippen LogP contribution in [-0.4, -0.2) is 48.1 Å². The zero-order valence-corrected chi connectivity index (χ0v) is 16.5. The average molecular weight is 411 g/mol. The number of Topliss-reactive ketones (excluding diaryl/α,β-unsaturated/α-hetero) is 1. The van der Waals surface area contributed by atoms with E-state index in [-0.39, 0.29) is 24.0 Å². The summed E-state index contributed by atoms with van der Waals surface area (Å²) in [6.45, 7) is 0.802. The molecule has 2 atom stereocenters. The van der Waals surface area contributed by atoms with Crippen molar-refractivity contribution >= 4 is 17.4 Å². The van der Waals surface area contributed by atoms with Crippen molar-refractivity contribution in [3.63, 3.8) is 0 Å². The molecule has 2 aliphatic rings. The SMILES string of the molecule is COc1ccc(C(O)=C2C(=O)C(=O)N(C[C@H]3CCCO3)[C@@H]2c2cccc(F)c2)cc1. The highest BCUT2D eigenvalue weighted by atomic mass is 19.1. The summed E-state index contributed by atoms with van der Waals surface area (Å²) in [6.07, 6.45) is 1.46. The van der Waals surface area contributed by atoms with Crippen molar-refractivity contribution in [2.75, 3.05) is 20.3 Å². The van der Waals surface area contributed by atoms with Gasteiger partial charge in [0, 0.05) is 18.7 Å². The van der Waals surface area contributed by atoms with E-state index < -0.39 is 23.5 Å². The summed E-state index contributed by atoms with van der Waals surface area (Å²) in [4.78, 5) is 27.2. The molecule has 0 bridgehead atoms. The maximum absolute atomic E-state index is 14.0. The van der Waals surface area contributed by atoms with Gasteiger partial charge in [0.2, 0.25) is 0 Å². The number of halogens is 1. The number of hydrogen-bond donors (Lipinski definition) is 1. The van der Waals surface area contributed by atoms with Crippen LogP contribution in [0.15, 0.2) is 54.1 Å². The molecule has 30 heavy (non-hydrogen) atoms. The number of aliphatic hydroxyl groups excluding tert-OH is 1. The Morgan fingerprint density at radius 1 is 1.23 bits per heavy atom. The fourth-order valence-electron chi connectivity index (χ4n) is 4.00. The van der Waals surface area contributed by atoms with E-state index in [1.165, 1.54) is 30.2 Å². The van der Waals surface area contributed by atoms with E-state index in [0.29, 0.717) is 23.5 Å². The second-order valence-electron chi connectivity index (χ2n) is 7.37. The normalized spacial score (nSPS) is 23.2. The highest BCUT2D eigenvalue weighted by Crippen LogP contribution is 2.40. The van der Waals surface area contributed by atoms with Crippen LogP contribution in [0.3, 0.4) is 0 Å². The Morgan fingerprint density at radius 2 is 2.00 bits per heavy atom. The first-order valence-electron chi connectivity index (χ1n) is 9.79. The Hall–Kier alpha value is -3.19. The molecule has 2 saturated heterocycles. The molecule has 0 saturated carbocycles. The predicted octanol–water partition coefficient (Wildman–Crippen LogP) is 3.44. The molecule has 2 heterocycles. The molecule has 2 aromatic carbocycles. The van der Waals surface area contributed by atoms with Gasteiger partial charge in [0.25, 0.3) is 11.7 Å². The van der Waals surface area contributed by atoms with Crippen LogP contribution in [0, 0.1) is 5.82 Å². The summed E-state index contributed by atoms with van der Waals surface area (Å²) in [5.41, 5.74) is 0.725.